The van der Waals surface area contributed by atoms with E-state index in [-0.39, 0.29) is 17.6 Å². The third kappa shape index (κ3) is 4.31. The topological polar surface area (TPSA) is 6.48 Å². The number of hydrogen-bond acceptors (Lipinski definition) is 2. The molecule has 0 unspecified atom stereocenters. The first kappa shape index (κ1) is 13.1. The van der Waals surface area contributed by atoms with Gasteiger partial charge in [0.15, 0.2) is 0 Å². The summed E-state index contributed by atoms with van der Waals surface area (Å²) in [5, 5.41) is 0. The average Bonchev–Trinajstić information content (AvgIpc) is 1.64. The molecule has 0 fully saturated rings. The molecule has 0 atom stereocenters. The van der Waals surface area contributed by atoms with Crippen LogP contribution in [-0.4, -0.2) is 61.8 Å². The number of hydrogen-bond donors (Lipinski definition) is 0. The van der Waals surface area contributed by atoms with Crippen LogP contribution in [0.2, 0.25) is 0 Å². The average molecular weight is 206 g/mol. The maximum atomic E-state index is 3.85. The molecule has 0 aliphatic rings. The predicted octanol–water partition coefficient (Wildman–Crippen LogP) is -0.792. The van der Waals surface area contributed by atoms with Crippen molar-refractivity contribution in [2.45, 2.75) is 12.6 Å². The van der Waals surface area contributed by atoms with Crippen molar-refractivity contribution >= 4 is 17.6 Å². The summed E-state index contributed by atoms with van der Waals surface area (Å²) in [5.41, 5.74) is 0. The van der Waals surface area contributed by atoms with E-state index in [1.165, 1.54) is 0 Å². The first-order chi connectivity index (χ1) is 4.09. The standard InChI is InChI=1S/C7H17N2.GeH4/c1-6-7(8(2)3)9(4)5;/h7H,1,6H2,2-5H3;1H4. The van der Waals surface area contributed by atoms with Crippen molar-refractivity contribution in [3.8, 4) is 0 Å². The third-order valence-electron chi connectivity index (χ3n) is 1.45. The molecule has 10 heavy (non-hydrogen) atoms. The molecule has 0 aliphatic carbocycles. The van der Waals surface area contributed by atoms with Gasteiger partial charge in [-0.15, -0.1) is 0 Å². The van der Waals surface area contributed by atoms with Gasteiger partial charge >= 0.3 is 17.6 Å². The summed E-state index contributed by atoms with van der Waals surface area (Å²) in [5.74, 6) is 0. The zero-order valence-corrected chi connectivity index (χ0v) is 6.89. The molecule has 0 N–H and O–H groups in total. The molecule has 0 saturated carbocycles. The van der Waals surface area contributed by atoms with Crippen LogP contribution < -0.4 is 0 Å². The molecule has 63 valence electrons. The van der Waals surface area contributed by atoms with E-state index < -0.39 is 0 Å². The van der Waals surface area contributed by atoms with E-state index in [4.69, 9.17) is 0 Å². The van der Waals surface area contributed by atoms with E-state index in [2.05, 4.69) is 44.9 Å². The second-order valence-corrected chi connectivity index (χ2v) is 2.70. The Hall–Kier alpha value is 0.463. The Labute approximate surface area is 75.5 Å². The molecule has 0 aromatic carbocycles. The van der Waals surface area contributed by atoms with Gasteiger partial charge in [-0.3, -0.25) is 9.80 Å². The summed E-state index contributed by atoms with van der Waals surface area (Å²) in [6, 6.07) is 0. The van der Waals surface area contributed by atoms with Crippen LogP contribution in [0, 0.1) is 6.92 Å². The Morgan fingerprint density at radius 3 is 1.40 bits per heavy atom. The van der Waals surface area contributed by atoms with Crippen LogP contribution in [0.15, 0.2) is 0 Å². The molecule has 0 rings (SSSR count). The van der Waals surface area contributed by atoms with Gasteiger partial charge in [0.25, 0.3) is 0 Å². The predicted molar refractivity (Wildman–Crippen MR) is 52.5 cm³/mol. The molecule has 2 nitrogen and oxygen atoms in total. The molecule has 0 saturated heterocycles. The van der Waals surface area contributed by atoms with Crippen LogP contribution in [0.1, 0.15) is 6.42 Å². The Bertz CT molecular complexity index is 66.0. The van der Waals surface area contributed by atoms with E-state index >= 15 is 0 Å². The summed E-state index contributed by atoms with van der Waals surface area (Å²) < 4.78 is 0. The zero-order chi connectivity index (χ0) is 7.44. The Kier molecular flexibility index (Phi) is 8.10. The van der Waals surface area contributed by atoms with Crippen molar-refractivity contribution in [3.05, 3.63) is 6.92 Å². The van der Waals surface area contributed by atoms with Gasteiger partial charge in [-0.2, -0.15) is 0 Å². The molecule has 0 amide bonds. The molecular weight excluding hydrogens is 185 g/mol. The van der Waals surface area contributed by atoms with Crippen LogP contribution in [0.25, 0.3) is 0 Å². The van der Waals surface area contributed by atoms with Crippen LogP contribution in [0.5, 0.6) is 0 Å². The Morgan fingerprint density at radius 1 is 1.10 bits per heavy atom. The monoisotopic (exact) mass is 207 g/mol. The van der Waals surface area contributed by atoms with Gasteiger partial charge in [0.1, 0.15) is 0 Å². The zero-order valence-electron chi connectivity index (χ0n) is 6.89. The molecule has 1 radical (unpaired) electrons. The molecule has 0 spiro atoms. The van der Waals surface area contributed by atoms with Crippen molar-refractivity contribution < 1.29 is 0 Å². The van der Waals surface area contributed by atoms with E-state index in [9.17, 15) is 0 Å². The van der Waals surface area contributed by atoms with Gasteiger partial charge in [-0.1, -0.05) is 6.92 Å². The van der Waals surface area contributed by atoms with Gasteiger partial charge in [0.05, 0.1) is 6.17 Å². The minimum absolute atomic E-state index is 0. The molecule has 0 aliphatic heterocycles. The van der Waals surface area contributed by atoms with E-state index in [0.29, 0.717) is 6.17 Å². The molecule has 0 aromatic rings. The van der Waals surface area contributed by atoms with Crippen molar-refractivity contribution in [3.63, 3.8) is 0 Å². The molecular formula is C7H21GeN2. The SMILES string of the molecule is [CH2]CC(N(C)C)N(C)C.[GeH4]. The van der Waals surface area contributed by atoms with E-state index in [1.54, 1.807) is 0 Å². The van der Waals surface area contributed by atoms with Crippen LogP contribution >= 0.6 is 0 Å². The van der Waals surface area contributed by atoms with Crippen LogP contribution in [0.3, 0.4) is 0 Å². The number of nitrogens with zero attached hydrogens (tertiary/aromatic N) is 2. The van der Waals surface area contributed by atoms with Crippen LogP contribution in [0.4, 0.5) is 0 Å². The van der Waals surface area contributed by atoms with Crippen molar-refractivity contribution in [1.29, 1.82) is 0 Å². The molecule has 3 heteroatoms. The van der Waals surface area contributed by atoms with Gasteiger partial charge in [-0.05, 0) is 34.6 Å². The second-order valence-electron chi connectivity index (χ2n) is 2.70. The molecule has 0 aromatic heterocycles. The molecule has 0 bridgehead atoms. The van der Waals surface area contributed by atoms with Gasteiger partial charge in [0.2, 0.25) is 0 Å². The summed E-state index contributed by atoms with van der Waals surface area (Å²) in [4.78, 5) is 4.32. The van der Waals surface area contributed by atoms with Crippen LogP contribution in [-0.2, 0) is 0 Å². The Balaban J connectivity index is 0. The summed E-state index contributed by atoms with van der Waals surface area (Å²) in [7, 11) is 8.26. The normalized spacial score (nSPS) is 10.8. The van der Waals surface area contributed by atoms with E-state index in [0.717, 1.165) is 6.42 Å². The number of rotatable bonds is 3. The summed E-state index contributed by atoms with van der Waals surface area (Å²) >= 11 is 0. The van der Waals surface area contributed by atoms with Crippen molar-refractivity contribution in [2.75, 3.05) is 28.2 Å². The second kappa shape index (κ2) is 6.19. The van der Waals surface area contributed by atoms with Crippen molar-refractivity contribution in [2.24, 2.45) is 0 Å². The fraction of sp³-hybridized carbons (Fsp3) is 0.857. The Morgan fingerprint density at radius 2 is 1.40 bits per heavy atom. The van der Waals surface area contributed by atoms with Crippen molar-refractivity contribution in [1.82, 2.24) is 9.80 Å². The van der Waals surface area contributed by atoms with Gasteiger partial charge in [-0.25, -0.2) is 0 Å². The third-order valence-corrected chi connectivity index (χ3v) is 1.45. The first-order valence-corrected chi connectivity index (χ1v) is 3.21. The quantitative estimate of drug-likeness (QED) is 0.440. The van der Waals surface area contributed by atoms with Gasteiger partial charge in [0, 0.05) is 0 Å². The minimum atomic E-state index is 0. The first-order valence-electron chi connectivity index (χ1n) is 3.21. The fourth-order valence-electron chi connectivity index (χ4n) is 0.978. The molecule has 0 heterocycles. The maximum absolute atomic E-state index is 3.85. The van der Waals surface area contributed by atoms with Gasteiger partial charge < -0.3 is 0 Å². The fourth-order valence-corrected chi connectivity index (χ4v) is 0.978. The van der Waals surface area contributed by atoms with E-state index in [1.807, 2.05) is 0 Å². The summed E-state index contributed by atoms with van der Waals surface area (Å²) in [6.45, 7) is 3.85. The summed E-state index contributed by atoms with van der Waals surface area (Å²) in [6.07, 6.45) is 1.41.